The smallest absolute Gasteiger partial charge is 0.416 e. The van der Waals surface area contributed by atoms with Gasteiger partial charge in [-0.1, -0.05) is 19.1 Å². The van der Waals surface area contributed by atoms with Crippen LogP contribution in [-0.2, 0) is 17.5 Å². The molecule has 0 unspecified atom stereocenters. The molecule has 9 nitrogen and oxygen atoms in total. The van der Waals surface area contributed by atoms with Crippen molar-refractivity contribution in [3.8, 4) is 5.75 Å². The Morgan fingerprint density at radius 1 is 1.02 bits per heavy atom. The van der Waals surface area contributed by atoms with E-state index >= 15 is 0 Å². The van der Waals surface area contributed by atoms with Gasteiger partial charge < -0.3 is 30.1 Å². The third-order valence-corrected chi connectivity index (χ3v) is 8.64. The molecule has 3 aromatic rings. The van der Waals surface area contributed by atoms with Crippen LogP contribution in [0.1, 0.15) is 61.5 Å². The Bertz CT molecular complexity index is 1550. The SMILES string of the molecule is C[C@@H]1CCCCO[C@@H](CN(C)Cc2ccc(C(F)(F)F)cc2)[C@H](C)CN([C@@H](C)CO)C(=O)c2cc(NC(=O)Nc3ccc(F)cc3)ccc2O1. The van der Waals surface area contributed by atoms with Crippen molar-refractivity contribution in [1.29, 1.82) is 0 Å². The summed E-state index contributed by atoms with van der Waals surface area (Å²) >= 11 is 0. The van der Waals surface area contributed by atoms with Crippen LogP contribution in [0.5, 0.6) is 5.75 Å². The average molecular weight is 703 g/mol. The van der Waals surface area contributed by atoms with Crippen LogP contribution in [0.2, 0.25) is 0 Å². The van der Waals surface area contributed by atoms with Gasteiger partial charge in [0.05, 0.1) is 36.0 Å². The van der Waals surface area contributed by atoms with E-state index in [0.717, 1.165) is 30.5 Å². The zero-order chi connectivity index (χ0) is 36.4. The fraction of sp³-hybridized carbons (Fsp3) is 0.459. The maximum Gasteiger partial charge on any atom is 0.416 e. The molecule has 0 saturated heterocycles. The second-order valence-corrected chi connectivity index (χ2v) is 13.0. The topological polar surface area (TPSA) is 103 Å². The molecule has 4 atom stereocenters. The number of aliphatic hydroxyl groups is 1. The summed E-state index contributed by atoms with van der Waals surface area (Å²) < 4.78 is 65.1. The quantitative estimate of drug-likeness (QED) is 0.211. The number of aliphatic hydroxyl groups excluding tert-OH is 1. The molecule has 1 heterocycles. The highest BCUT2D eigenvalue weighted by Crippen LogP contribution is 2.30. The first-order valence-corrected chi connectivity index (χ1v) is 16.8. The number of nitrogens with one attached hydrogen (secondary N) is 2. The summed E-state index contributed by atoms with van der Waals surface area (Å²) in [7, 11) is 1.87. The number of likely N-dealkylation sites (N-methyl/N-ethyl adjacent to an activating group) is 1. The number of urea groups is 1. The molecule has 3 amide bonds. The molecule has 0 aromatic heterocycles. The number of fused-ring (bicyclic) bond motifs is 1. The lowest BCUT2D eigenvalue weighted by Gasteiger charge is -2.36. The van der Waals surface area contributed by atoms with Gasteiger partial charge in [-0.15, -0.1) is 0 Å². The van der Waals surface area contributed by atoms with Crippen LogP contribution in [0, 0.1) is 11.7 Å². The Hall–Kier alpha value is -4.20. The molecule has 1 aliphatic heterocycles. The lowest BCUT2D eigenvalue weighted by Crippen LogP contribution is -2.47. The maximum atomic E-state index is 14.3. The molecule has 4 rings (SSSR count). The number of carbonyl (C=O) groups is 2. The third kappa shape index (κ3) is 11.2. The standard InChI is InChI=1S/C37H46F4N4O5/c1-24-20-45(25(2)23-46)35(47)32-19-31(43-36(48)42-30-14-12-29(38)13-15-30)16-17-33(32)50-26(3)7-5-6-18-49-34(24)22-44(4)21-27-8-10-28(11-9-27)37(39,40)41/h8-17,19,24-26,34,46H,5-7,18,20-23H2,1-4H3,(H2,42,43,48)/t24-,25+,26-,34+/m1/s1. The van der Waals surface area contributed by atoms with E-state index in [9.17, 15) is 32.3 Å². The predicted molar refractivity (Wildman–Crippen MR) is 184 cm³/mol. The first-order valence-electron chi connectivity index (χ1n) is 16.8. The zero-order valence-corrected chi connectivity index (χ0v) is 28.8. The van der Waals surface area contributed by atoms with Crippen LogP contribution in [0.25, 0.3) is 0 Å². The molecule has 13 heteroatoms. The van der Waals surface area contributed by atoms with E-state index in [1.807, 2.05) is 25.8 Å². The van der Waals surface area contributed by atoms with Crippen molar-refractivity contribution in [2.24, 2.45) is 5.92 Å². The molecule has 0 bridgehead atoms. The van der Waals surface area contributed by atoms with Crippen LogP contribution in [0.3, 0.4) is 0 Å². The number of rotatable bonds is 8. The fourth-order valence-electron chi connectivity index (χ4n) is 5.77. The van der Waals surface area contributed by atoms with E-state index in [0.29, 0.717) is 43.2 Å². The monoisotopic (exact) mass is 702 g/mol. The number of nitrogens with zero attached hydrogens (tertiary/aromatic N) is 2. The highest BCUT2D eigenvalue weighted by Gasteiger charge is 2.32. The van der Waals surface area contributed by atoms with Crippen LogP contribution in [0.4, 0.5) is 33.7 Å². The number of anilines is 2. The fourth-order valence-corrected chi connectivity index (χ4v) is 5.77. The van der Waals surface area contributed by atoms with Gasteiger partial charge in [-0.25, -0.2) is 9.18 Å². The number of carbonyl (C=O) groups excluding carboxylic acids is 2. The number of ether oxygens (including phenoxy) is 2. The summed E-state index contributed by atoms with van der Waals surface area (Å²) in [5.41, 5.74) is 0.935. The van der Waals surface area contributed by atoms with Gasteiger partial charge in [-0.3, -0.25) is 9.69 Å². The molecule has 0 fully saturated rings. The number of benzene rings is 3. The number of halogens is 4. The Labute approximate surface area is 290 Å². The van der Waals surface area contributed by atoms with E-state index in [4.69, 9.17) is 9.47 Å². The predicted octanol–water partition coefficient (Wildman–Crippen LogP) is 7.42. The van der Waals surface area contributed by atoms with Gasteiger partial charge in [0, 0.05) is 43.5 Å². The van der Waals surface area contributed by atoms with Crippen molar-refractivity contribution < 1.29 is 41.7 Å². The van der Waals surface area contributed by atoms with Crippen LogP contribution in [-0.4, -0.2) is 78.4 Å². The second kappa shape index (κ2) is 17.6. The summed E-state index contributed by atoms with van der Waals surface area (Å²) in [5.74, 6) is -0.709. The van der Waals surface area contributed by atoms with Crippen molar-refractivity contribution in [2.75, 3.05) is 44.0 Å². The summed E-state index contributed by atoms with van der Waals surface area (Å²) in [6, 6.07) is 14.0. The molecule has 0 aliphatic carbocycles. The Morgan fingerprint density at radius 2 is 1.68 bits per heavy atom. The average Bonchev–Trinajstić information content (AvgIpc) is 3.07. The second-order valence-electron chi connectivity index (χ2n) is 13.0. The minimum Gasteiger partial charge on any atom is -0.490 e. The third-order valence-electron chi connectivity index (χ3n) is 8.64. The van der Waals surface area contributed by atoms with Crippen LogP contribution < -0.4 is 15.4 Å². The number of alkyl halides is 3. The normalized spacial score (nSPS) is 20.0. The van der Waals surface area contributed by atoms with Crippen molar-refractivity contribution >= 4 is 23.3 Å². The number of amides is 3. The first kappa shape index (κ1) is 38.6. The lowest BCUT2D eigenvalue weighted by molar-refractivity contribution is -0.137. The van der Waals surface area contributed by atoms with E-state index in [2.05, 4.69) is 10.6 Å². The summed E-state index contributed by atoms with van der Waals surface area (Å²) in [6.07, 6.45) is -2.70. The molecule has 50 heavy (non-hydrogen) atoms. The zero-order valence-electron chi connectivity index (χ0n) is 28.8. The van der Waals surface area contributed by atoms with Crippen molar-refractivity contribution in [1.82, 2.24) is 9.80 Å². The molecule has 272 valence electrons. The van der Waals surface area contributed by atoms with Gasteiger partial charge in [-0.05, 0) is 100 Å². The van der Waals surface area contributed by atoms with Crippen molar-refractivity contribution in [2.45, 2.75) is 71.0 Å². The Kier molecular flexibility index (Phi) is 13.6. The van der Waals surface area contributed by atoms with Crippen molar-refractivity contribution in [3.63, 3.8) is 0 Å². The molecule has 1 aliphatic rings. The van der Waals surface area contributed by atoms with Gasteiger partial charge >= 0.3 is 12.2 Å². The number of hydrogen-bond acceptors (Lipinski definition) is 6. The molecular weight excluding hydrogens is 656 g/mol. The number of hydrogen-bond donors (Lipinski definition) is 3. The van der Waals surface area contributed by atoms with Crippen LogP contribution in [0.15, 0.2) is 66.7 Å². The van der Waals surface area contributed by atoms with E-state index in [-0.39, 0.29) is 36.8 Å². The van der Waals surface area contributed by atoms with Crippen molar-refractivity contribution in [3.05, 3.63) is 89.2 Å². The van der Waals surface area contributed by atoms with E-state index in [1.54, 1.807) is 24.0 Å². The van der Waals surface area contributed by atoms with Gasteiger partial charge in [-0.2, -0.15) is 13.2 Å². The van der Waals surface area contributed by atoms with Crippen LogP contribution >= 0.6 is 0 Å². The molecular formula is C37H46F4N4O5. The molecule has 0 saturated carbocycles. The Morgan fingerprint density at radius 3 is 2.34 bits per heavy atom. The van der Waals surface area contributed by atoms with Gasteiger partial charge in [0.1, 0.15) is 11.6 Å². The van der Waals surface area contributed by atoms with E-state index in [1.165, 1.54) is 42.5 Å². The minimum absolute atomic E-state index is 0.206. The summed E-state index contributed by atoms with van der Waals surface area (Å²) in [4.78, 5) is 30.6. The largest absolute Gasteiger partial charge is 0.490 e. The molecule has 0 radical (unpaired) electrons. The minimum atomic E-state index is -4.41. The lowest BCUT2D eigenvalue weighted by atomic mass is 10.0. The first-order chi connectivity index (χ1) is 23.7. The maximum absolute atomic E-state index is 14.3. The van der Waals surface area contributed by atoms with Gasteiger partial charge in [0.25, 0.3) is 5.91 Å². The van der Waals surface area contributed by atoms with E-state index < -0.39 is 35.5 Å². The summed E-state index contributed by atoms with van der Waals surface area (Å²) in [5, 5.41) is 15.6. The van der Waals surface area contributed by atoms with Gasteiger partial charge in [0.15, 0.2) is 0 Å². The molecule has 3 N–H and O–H groups in total. The molecule has 0 spiro atoms. The van der Waals surface area contributed by atoms with Gasteiger partial charge in [0.2, 0.25) is 0 Å². The summed E-state index contributed by atoms with van der Waals surface area (Å²) in [6.45, 7) is 6.85. The Balaban J connectivity index is 1.56. The molecule has 3 aromatic carbocycles. The highest BCUT2D eigenvalue weighted by molar-refractivity contribution is 6.02. The highest BCUT2D eigenvalue weighted by atomic mass is 19.4.